The summed E-state index contributed by atoms with van der Waals surface area (Å²) < 4.78 is 0. The summed E-state index contributed by atoms with van der Waals surface area (Å²) >= 11 is 0. The topological polar surface area (TPSA) is 12.0 Å². The maximum absolute atomic E-state index is 4.04. The Labute approximate surface area is 115 Å². The number of hydrogen-bond donors (Lipinski definition) is 1. The van der Waals surface area contributed by atoms with Gasteiger partial charge >= 0.3 is 0 Å². The number of unbranched alkanes of at least 4 members (excludes halogenated alkanes) is 7. The highest BCUT2D eigenvalue weighted by Crippen LogP contribution is 2.09. The molecule has 0 bridgehead atoms. The number of hydrogen-bond acceptors (Lipinski definition) is 1. The molecule has 0 aliphatic rings. The van der Waals surface area contributed by atoms with Crippen molar-refractivity contribution in [1.29, 1.82) is 0 Å². The molecule has 1 N–H and O–H groups in total. The van der Waals surface area contributed by atoms with Crippen LogP contribution in [0, 0.1) is 0 Å². The van der Waals surface area contributed by atoms with Crippen LogP contribution < -0.4 is 5.32 Å². The Balaban J connectivity index is 3.15. The van der Waals surface area contributed by atoms with Gasteiger partial charge in [-0.3, -0.25) is 0 Å². The third-order valence-corrected chi connectivity index (χ3v) is 3.26. The second-order valence-corrected chi connectivity index (χ2v) is 5.46. The molecule has 0 aromatic heterocycles. The van der Waals surface area contributed by atoms with Gasteiger partial charge < -0.3 is 5.32 Å². The Morgan fingerprint density at radius 2 is 1.39 bits per heavy atom. The van der Waals surface area contributed by atoms with E-state index in [0.717, 1.165) is 19.4 Å². The molecule has 0 spiro atoms. The molecule has 1 heteroatoms. The van der Waals surface area contributed by atoms with Crippen LogP contribution in [0.2, 0.25) is 0 Å². The number of nitrogens with one attached hydrogen (secondary N) is 1. The smallest absolute Gasteiger partial charge is 0.0143 e. The minimum absolute atomic E-state index is 1.03. The standard InChI is InChI=1S/C17H33N/c1-5-6-7-8-9-10-11-12-15-18-17(4)14-13-16(2)3/h18H,2,4-15H2,1,3H3. The Kier molecular flexibility index (Phi) is 12.2. The van der Waals surface area contributed by atoms with Crippen LogP contribution in [-0.4, -0.2) is 6.54 Å². The zero-order chi connectivity index (χ0) is 13.6. The van der Waals surface area contributed by atoms with Crippen molar-refractivity contribution in [2.75, 3.05) is 6.54 Å². The van der Waals surface area contributed by atoms with Crippen molar-refractivity contribution in [3.8, 4) is 0 Å². The quantitative estimate of drug-likeness (QED) is 0.332. The van der Waals surface area contributed by atoms with Crippen LogP contribution in [0.4, 0.5) is 0 Å². The first-order valence-electron chi connectivity index (χ1n) is 7.72. The SMILES string of the molecule is C=C(C)CCC(=C)NCCCCCCCCCC. The Hall–Kier alpha value is -0.720. The van der Waals surface area contributed by atoms with Crippen molar-refractivity contribution in [1.82, 2.24) is 5.32 Å². The molecule has 0 fully saturated rings. The molecule has 0 rings (SSSR count). The third kappa shape index (κ3) is 13.3. The zero-order valence-electron chi connectivity index (χ0n) is 12.7. The predicted molar refractivity (Wildman–Crippen MR) is 83.8 cm³/mol. The van der Waals surface area contributed by atoms with Crippen molar-refractivity contribution in [3.63, 3.8) is 0 Å². The number of rotatable bonds is 13. The Bertz CT molecular complexity index is 218. The molecule has 0 saturated heterocycles. The van der Waals surface area contributed by atoms with E-state index >= 15 is 0 Å². The van der Waals surface area contributed by atoms with Gasteiger partial charge in [0.05, 0.1) is 0 Å². The molecule has 0 aliphatic heterocycles. The molecule has 0 atom stereocenters. The average molecular weight is 251 g/mol. The zero-order valence-corrected chi connectivity index (χ0v) is 12.7. The summed E-state index contributed by atoms with van der Waals surface area (Å²) in [7, 11) is 0. The molecule has 0 amide bonds. The summed E-state index contributed by atoms with van der Waals surface area (Å²) in [5, 5.41) is 3.41. The van der Waals surface area contributed by atoms with E-state index in [1.54, 1.807) is 0 Å². The highest BCUT2D eigenvalue weighted by atomic mass is 14.9. The lowest BCUT2D eigenvalue weighted by molar-refractivity contribution is 0.565. The maximum Gasteiger partial charge on any atom is 0.0143 e. The molecule has 0 radical (unpaired) electrons. The van der Waals surface area contributed by atoms with Crippen LogP contribution in [0.3, 0.4) is 0 Å². The van der Waals surface area contributed by atoms with E-state index in [1.807, 2.05) is 0 Å². The summed E-state index contributed by atoms with van der Waals surface area (Å²) in [6.45, 7) is 13.4. The lowest BCUT2D eigenvalue weighted by Crippen LogP contribution is -2.13. The molecule has 0 aromatic rings. The summed E-state index contributed by atoms with van der Waals surface area (Å²) in [5.41, 5.74) is 2.41. The Morgan fingerprint density at radius 3 is 1.94 bits per heavy atom. The first-order valence-corrected chi connectivity index (χ1v) is 7.72. The van der Waals surface area contributed by atoms with Gasteiger partial charge in [0.2, 0.25) is 0 Å². The van der Waals surface area contributed by atoms with E-state index in [-0.39, 0.29) is 0 Å². The maximum atomic E-state index is 4.04. The molecule has 1 nitrogen and oxygen atoms in total. The van der Waals surface area contributed by atoms with E-state index in [4.69, 9.17) is 0 Å². The van der Waals surface area contributed by atoms with Crippen LogP contribution >= 0.6 is 0 Å². The fraction of sp³-hybridized carbons (Fsp3) is 0.765. The fourth-order valence-electron chi connectivity index (χ4n) is 1.98. The van der Waals surface area contributed by atoms with Gasteiger partial charge in [0.25, 0.3) is 0 Å². The van der Waals surface area contributed by atoms with Gasteiger partial charge in [-0.2, -0.15) is 0 Å². The van der Waals surface area contributed by atoms with Crippen molar-refractivity contribution < 1.29 is 0 Å². The fourth-order valence-corrected chi connectivity index (χ4v) is 1.98. The summed E-state index contributed by atoms with van der Waals surface area (Å²) in [4.78, 5) is 0. The van der Waals surface area contributed by atoms with Gasteiger partial charge in [-0.25, -0.2) is 0 Å². The molecular formula is C17H33N. The van der Waals surface area contributed by atoms with E-state index in [1.165, 1.54) is 62.6 Å². The summed E-state index contributed by atoms with van der Waals surface area (Å²) in [6.07, 6.45) is 13.1. The largest absolute Gasteiger partial charge is 0.389 e. The average Bonchev–Trinajstić information content (AvgIpc) is 2.34. The van der Waals surface area contributed by atoms with Gasteiger partial charge in [0.1, 0.15) is 0 Å². The second kappa shape index (κ2) is 12.7. The highest BCUT2D eigenvalue weighted by molar-refractivity contribution is 4.97. The number of allylic oxidation sites excluding steroid dienone is 2. The molecule has 18 heavy (non-hydrogen) atoms. The van der Waals surface area contributed by atoms with Crippen LogP contribution in [0.15, 0.2) is 24.4 Å². The molecule has 0 unspecified atom stereocenters. The molecule has 0 saturated carbocycles. The predicted octanol–water partition coefficient (Wildman–Crippen LogP) is 5.59. The molecule has 0 heterocycles. The minimum atomic E-state index is 1.03. The van der Waals surface area contributed by atoms with Crippen molar-refractivity contribution in [3.05, 3.63) is 24.4 Å². The lowest BCUT2D eigenvalue weighted by atomic mass is 10.1. The summed E-state index contributed by atoms with van der Waals surface area (Å²) in [5.74, 6) is 0. The minimum Gasteiger partial charge on any atom is -0.389 e. The second-order valence-electron chi connectivity index (χ2n) is 5.46. The van der Waals surface area contributed by atoms with Gasteiger partial charge in [-0.1, -0.05) is 64.0 Å². The van der Waals surface area contributed by atoms with E-state index < -0.39 is 0 Å². The van der Waals surface area contributed by atoms with Crippen molar-refractivity contribution in [2.24, 2.45) is 0 Å². The monoisotopic (exact) mass is 251 g/mol. The third-order valence-electron chi connectivity index (χ3n) is 3.26. The van der Waals surface area contributed by atoms with Gasteiger partial charge in [-0.15, -0.1) is 6.58 Å². The van der Waals surface area contributed by atoms with E-state index in [2.05, 4.69) is 32.3 Å². The highest BCUT2D eigenvalue weighted by Gasteiger charge is 1.95. The van der Waals surface area contributed by atoms with Crippen LogP contribution in [0.1, 0.15) is 78.1 Å². The van der Waals surface area contributed by atoms with Crippen LogP contribution in [-0.2, 0) is 0 Å². The van der Waals surface area contributed by atoms with Gasteiger partial charge in [0, 0.05) is 12.2 Å². The first-order chi connectivity index (χ1) is 8.66. The Morgan fingerprint density at radius 1 is 0.833 bits per heavy atom. The van der Waals surface area contributed by atoms with Crippen LogP contribution in [0.5, 0.6) is 0 Å². The van der Waals surface area contributed by atoms with Crippen molar-refractivity contribution >= 4 is 0 Å². The van der Waals surface area contributed by atoms with E-state index in [9.17, 15) is 0 Å². The first kappa shape index (κ1) is 17.3. The van der Waals surface area contributed by atoms with Crippen molar-refractivity contribution in [2.45, 2.75) is 78.1 Å². The molecule has 0 aliphatic carbocycles. The molecule has 0 aromatic carbocycles. The lowest BCUT2D eigenvalue weighted by Gasteiger charge is -2.09. The summed E-state index contributed by atoms with van der Waals surface area (Å²) in [6, 6.07) is 0. The molecule has 106 valence electrons. The van der Waals surface area contributed by atoms with Crippen LogP contribution in [0.25, 0.3) is 0 Å². The van der Waals surface area contributed by atoms with E-state index in [0.29, 0.717) is 0 Å². The normalized spacial score (nSPS) is 10.3. The molecular weight excluding hydrogens is 218 g/mol. The van der Waals surface area contributed by atoms with Gasteiger partial charge in [0.15, 0.2) is 0 Å². The van der Waals surface area contributed by atoms with Gasteiger partial charge in [-0.05, 0) is 26.2 Å².